The lowest BCUT2D eigenvalue weighted by Crippen LogP contribution is -2.41. The number of sulfonamides is 1. The van der Waals surface area contributed by atoms with Gasteiger partial charge in [-0.2, -0.15) is 0 Å². The van der Waals surface area contributed by atoms with Crippen LogP contribution in [0.25, 0.3) is 0 Å². The molecule has 0 fully saturated rings. The number of hydrogen-bond donors (Lipinski definition) is 2. The third-order valence-corrected chi connectivity index (χ3v) is 5.59. The third-order valence-electron chi connectivity index (χ3n) is 2.96. The topological polar surface area (TPSA) is 85.1 Å². The number of nitrogens with two attached hydrogens (primary N) is 1. The molecule has 0 spiro atoms. The van der Waals surface area contributed by atoms with Gasteiger partial charge in [-0.1, -0.05) is 24.3 Å². The van der Waals surface area contributed by atoms with Gasteiger partial charge in [-0.15, -0.1) is 11.3 Å². The zero-order valence-electron chi connectivity index (χ0n) is 12.0. The standard InChI is InChI=1S/C14H19N3O2S2/c1-14(2,13-16-6-7-20-13)17-21(18,19)10-12-5-3-4-11(8-12)9-15/h3-8,17H,9-10,15H2,1-2H3. The van der Waals surface area contributed by atoms with Crippen LogP contribution in [0.3, 0.4) is 0 Å². The van der Waals surface area contributed by atoms with Crippen LogP contribution in [0.15, 0.2) is 35.8 Å². The molecule has 3 N–H and O–H groups in total. The Kier molecular flexibility index (Phi) is 4.77. The Labute approximate surface area is 129 Å². The van der Waals surface area contributed by atoms with Crippen LogP contribution in [0.2, 0.25) is 0 Å². The first-order chi connectivity index (χ1) is 9.82. The van der Waals surface area contributed by atoms with E-state index in [4.69, 9.17) is 5.73 Å². The van der Waals surface area contributed by atoms with E-state index >= 15 is 0 Å². The Morgan fingerprint density at radius 3 is 2.67 bits per heavy atom. The summed E-state index contributed by atoms with van der Waals surface area (Å²) in [6.07, 6.45) is 1.67. The van der Waals surface area contributed by atoms with E-state index in [0.717, 1.165) is 16.1 Å². The number of nitrogens with one attached hydrogen (secondary N) is 1. The van der Waals surface area contributed by atoms with Crippen LogP contribution in [-0.4, -0.2) is 13.4 Å². The first kappa shape index (κ1) is 16.1. The quantitative estimate of drug-likeness (QED) is 0.850. The van der Waals surface area contributed by atoms with E-state index in [1.54, 1.807) is 26.1 Å². The van der Waals surface area contributed by atoms with Gasteiger partial charge in [-0.25, -0.2) is 18.1 Å². The van der Waals surface area contributed by atoms with Crippen molar-refractivity contribution in [3.8, 4) is 0 Å². The second kappa shape index (κ2) is 6.23. The van der Waals surface area contributed by atoms with Gasteiger partial charge in [-0.3, -0.25) is 0 Å². The molecule has 0 bridgehead atoms. The van der Waals surface area contributed by atoms with Crippen LogP contribution in [0.1, 0.15) is 30.0 Å². The van der Waals surface area contributed by atoms with Crippen molar-refractivity contribution in [1.29, 1.82) is 0 Å². The smallest absolute Gasteiger partial charge is 0.216 e. The molecule has 7 heteroatoms. The van der Waals surface area contributed by atoms with Crippen molar-refractivity contribution >= 4 is 21.4 Å². The predicted molar refractivity (Wildman–Crippen MR) is 85.2 cm³/mol. The van der Waals surface area contributed by atoms with Crippen LogP contribution in [0.5, 0.6) is 0 Å². The normalized spacial score (nSPS) is 12.5. The molecule has 0 saturated carbocycles. The highest BCUT2D eigenvalue weighted by Gasteiger charge is 2.29. The van der Waals surface area contributed by atoms with Crippen LogP contribution in [-0.2, 0) is 27.9 Å². The van der Waals surface area contributed by atoms with E-state index in [-0.39, 0.29) is 5.75 Å². The average molecular weight is 325 g/mol. The van der Waals surface area contributed by atoms with E-state index in [0.29, 0.717) is 6.54 Å². The molecule has 114 valence electrons. The van der Waals surface area contributed by atoms with E-state index in [1.165, 1.54) is 11.3 Å². The summed E-state index contributed by atoms with van der Waals surface area (Å²) in [7, 11) is -3.47. The highest BCUT2D eigenvalue weighted by atomic mass is 32.2. The van der Waals surface area contributed by atoms with Crippen LogP contribution >= 0.6 is 11.3 Å². The molecule has 0 aliphatic rings. The Morgan fingerprint density at radius 2 is 2.05 bits per heavy atom. The molecule has 1 heterocycles. The number of hydrogen-bond acceptors (Lipinski definition) is 5. The fraction of sp³-hybridized carbons (Fsp3) is 0.357. The highest BCUT2D eigenvalue weighted by molar-refractivity contribution is 7.88. The molecule has 1 aromatic carbocycles. The van der Waals surface area contributed by atoms with Gasteiger partial charge >= 0.3 is 0 Å². The second-order valence-corrected chi connectivity index (χ2v) is 7.96. The fourth-order valence-electron chi connectivity index (χ4n) is 2.07. The summed E-state index contributed by atoms with van der Waals surface area (Å²) in [4.78, 5) is 4.18. The first-order valence-electron chi connectivity index (χ1n) is 6.52. The minimum Gasteiger partial charge on any atom is -0.326 e. The SMILES string of the molecule is CC(C)(NS(=O)(=O)Cc1cccc(CN)c1)c1nccs1. The Hall–Kier alpha value is -1.28. The van der Waals surface area contributed by atoms with Crippen molar-refractivity contribution in [2.75, 3.05) is 0 Å². The monoisotopic (exact) mass is 325 g/mol. The van der Waals surface area contributed by atoms with Crippen molar-refractivity contribution in [2.24, 2.45) is 5.73 Å². The maximum absolute atomic E-state index is 12.3. The van der Waals surface area contributed by atoms with Crippen LogP contribution in [0, 0.1) is 0 Å². The molecular weight excluding hydrogens is 306 g/mol. The van der Waals surface area contributed by atoms with Crippen molar-refractivity contribution in [3.63, 3.8) is 0 Å². The molecule has 0 unspecified atom stereocenters. The largest absolute Gasteiger partial charge is 0.326 e. The molecule has 0 aliphatic carbocycles. The summed E-state index contributed by atoms with van der Waals surface area (Å²) in [6, 6.07) is 7.30. The Balaban J connectivity index is 2.15. The summed E-state index contributed by atoms with van der Waals surface area (Å²) >= 11 is 1.43. The maximum Gasteiger partial charge on any atom is 0.216 e. The molecule has 2 rings (SSSR count). The van der Waals surface area contributed by atoms with Gasteiger partial charge < -0.3 is 5.73 Å². The number of thiazole rings is 1. The predicted octanol–water partition coefficient (Wildman–Crippen LogP) is 1.96. The lowest BCUT2D eigenvalue weighted by molar-refractivity contribution is 0.469. The summed E-state index contributed by atoms with van der Waals surface area (Å²) in [5.41, 5.74) is 6.49. The zero-order valence-corrected chi connectivity index (χ0v) is 13.7. The Morgan fingerprint density at radius 1 is 1.33 bits per heavy atom. The molecule has 1 aromatic heterocycles. The number of aromatic nitrogens is 1. The van der Waals surface area contributed by atoms with Crippen LogP contribution < -0.4 is 10.5 Å². The van der Waals surface area contributed by atoms with Crippen LogP contribution in [0.4, 0.5) is 0 Å². The molecule has 5 nitrogen and oxygen atoms in total. The molecule has 0 aliphatic heterocycles. The fourth-order valence-corrected chi connectivity index (χ4v) is 4.41. The molecule has 0 radical (unpaired) electrons. The minimum absolute atomic E-state index is 0.0738. The van der Waals surface area contributed by atoms with E-state index in [2.05, 4.69) is 9.71 Å². The first-order valence-corrected chi connectivity index (χ1v) is 9.05. The van der Waals surface area contributed by atoms with Gasteiger partial charge in [0.25, 0.3) is 0 Å². The molecule has 0 atom stereocenters. The summed E-state index contributed by atoms with van der Waals surface area (Å²) < 4.78 is 27.4. The Bertz CT molecular complexity index is 695. The lowest BCUT2D eigenvalue weighted by atomic mass is 10.1. The molecular formula is C14H19N3O2S2. The number of rotatable bonds is 6. The van der Waals surface area contributed by atoms with Gasteiger partial charge in [0.2, 0.25) is 10.0 Å². The van der Waals surface area contributed by atoms with Crippen molar-refractivity contribution in [2.45, 2.75) is 31.7 Å². The maximum atomic E-state index is 12.3. The van der Waals surface area contributed by atoms with Gasteiger partial charge in [0.05, 0.1) is 11.3 Å². The van der Waals surface area contributed by atoms with Crippen molar-refractivity contribution < 1.29 is 8.42 Å². The van der Waals surface area contributed by atoms with Crippen molar-refractivity contribution in [1.82, 2.24) is 9.71 Å². The van der Waals surface area contributed by atoms with Gasteiger partial charge in [-0.05, 0) is 25.0 Å². The third kappa shape index (κ3) is 4.34. The number of benzene rings is 1. The van der Waals surface area contributed by atoms with E-state index in [1.807, 2.05) is 23.6 Å². The average Bonchev–Trinajstić information content (AvgIpc) is 2.91. The molecule has 0 amide bonds. The summed E-state index contributed by atoms with van der Waals surface area (Å²) in [5, 5.41) is 2.57. The molecule has 0 saturated heterocycles. The lowest BCUT2D eigenvalue weighted by Gasteiger charge is -2.23. The number of nitrogens with zero attached hydrogens (tertiary/aromatic N) is 1. The second-order valence-electron chi connectivity index (χ2n) is 5.35. The van der Waals surface area contributed by atoms with Gasteiger partial charge in [0.1, 0.15) is 5.01 Å². The van der Waals surface area contributed by atoms with E-state index < -0.39 is 15.6 Å². The molecule has 2 aromatic rings. The van der Waals surface area contributed by atoms with E-state index in [9.17, 15) is 8.42 Å². The summed E-state index contributed by atoms with van der Waals surface area (Å²) in [5.74, 6) is -0.0738. The van der Waals surface area contributed by atoms with Gasteiger partial charge in [0, 0.05) is 18.1 Å². The molecule has 21 heavy (non-hydrogen) atoms. The summed E-state index contributed by atoms with van der Waals surface area (Å²) in [6.45, 7) is 4.01. The highest BCUT2D eigenvalue weighted by Crippen LogP contribution is 2.23. The minimum atomic E-state index is -3.47. The zero-order chi connectivity index (χ0) is 15.5. The van der Waals surface area contributed by atoms with Gasteiger partial charge in [0.15, 0.2) is 0 Å². The van der Waals surface area contributed by atoms with Crippen molar-refractivity contribution in [3.05, 3.63) is 52.0 Å².